The van der Waals surface area contributed by atoms with E-state index in [1.165, 1.54) is 6.07 Å². The highest BCUT2D eigenvalue weighted by atomic mass is 35.5. The first-order chi connectivity index (χ1) is 8.72. The van der Waals surface area contributed by atoms with Crippen molar-refractivity contribution in [2.75, 3.05) is 13.1 Å². The second kappa shape index (κ2) is 6.39. The lowest BCUT2D eigenvalue weighted by atomic mass is 9.97. The summed E-state index contributed by atoms with van der Waals surface area (Å²) in [5.41, 5.74) is 0. The molecule has 1 aromatic rings. The number of nitrogens with one attached hydrogen (secondary N) is 1. The molecule has 0 aromatic heterocycles. The van der Waals surface area contributed by atoms with Crippen molar-refractivity contribution in [3.8, 4) is 5.75 Å². The minimum absolute atomic E-state index is 0.0676. The van der Waals surface area contributed by atoms with Crippen LogP contribution in [0.5, 0.6) is 5.75 Å². The van der Waals surface area contributed by atoms with Gasteiger partial charge in [0.05, 0.1) is 5.02 Å². The first kappa shape index (κ1) is 13.6. The van der Waals surface area contributed by atoms with Crippen LogP contribution in [0.1, 0.15) is 26.2 Å². The Morgan fingerprint density at radius 1 is 1.56 bits per heavy atom. The number of rotatable bonds is 5. The summed E-state index contributed by atoms with van der Waals surface area (Å²) in [7, 11) is 0. The van der Waals surface area contributed by atoms with E-state index in [2.05, 4.69) is 12.2 Å². The third-order valence-corrected chi connectivity index (χ3v) is 3.68. The molecular weight excluding hydrogens is 253 g/mol. The van der Waals surface area contributed by atoms with Gasteiger partial charge in [-0.15, -0.1) is 0 Å². The van der Waals surface area contributed by atoms with E-state index >= 15 is 0 Å². The van der Waals surface area contributed by atoms with Crippen LogP contribution in [-0.4, -0.2) is 19.2 Å². The molecular formula is C14H19ClFNO. The summed E-state index contributed by atoms with van der Waals surface area (Å²) in [4.78, 5) is 0. The lowest BCUT2D eigenvalue weighted by Gasteiger charge is -2.24. The maximum atomic E-state index is 13.8. The fraction of sp³-hybridized carbons (Fsp3) is 0.571. The van der Waals surface area contributed by atoms with Gasteiger partial charge in [-0.1, -0.05) is 31.0 Å². The van der Waals surface area contributed by atoms with E-state index in [0.717, 1.165) is 32.4 Å². The molecule has 0 radical (unpaired) electrons. The van der Waals surface area contributed by atoms with Crippen molar-refractivity contribution in [3.05, 3.63) is 29.0 Å². The third-order valence-electron chi connectivity index (χ3n) is 3.39. The Balaban J connectivity index is 2.10. The van der Waals surface area contributed by atoms with Crippen molar-refractivity contribution >= 4 is 11.6 Å². The van der Waals surface area contributed by atoms with E-state index in [4.69, 9.17) is 16.3 Å². The van der Waals surface area contributed by atoms with Gasteiger partial charge in [0.25, 0.3) is 0 Å². The first-order valence-electron chi connectivity index (χ1n) is 6.53. The normalized spacial score (nSPS) is 20.9. The number of ether oxygens (including phenoxy) is 1. The van der Waals surface area contributed by atoms with Crippen LogP contribution in [0.15, 0.2) is 18.2 Å². The molecule has 2 rings (SSSR count). The van der Waals surface area contributed by atoms with Gasteiger partial charge in [0.1, 0.15) is 6.10 Å². The molecule has 1 fully saturated rings. The zero-order valence-electron chi connectivity index (χ0n) is 10.6. The molecule has 18 heavy (non-hydrogen) atoms. The Morgan fingerprint density at radius 3 is 3.06 bits per heavy atom. The standard InChI is InChI=1S/C14H19ClFNO/c1-2-4-12(10-7-8-17-9-10)18-13-6-3-5-11(15)14(13)16/h3,5-6,10,12,17H,2,4,7-9H2,1H3/t10-,12-/m0/s1. The quantitative estimate of drug-likeness (QED) is 0.883. The smallest absolute Gasteiger partial charge is 0.183 e. The minimum Gasteiger partial charge on any atom is -0.487 e. The minimum atomic E-state index is -0.453. The number of hydrogen-bond donors (Lipinski definition) is 1. The molecule has 0 aliphatic carbocycles. The van der Waals surface area contributed by atoms with E-state index in [-0.39, 0.29) is 16.9 Å². The fourth-order valence-corrected chi connectivity index (χ4v) is 2.57. The van der Waals surface area contributed by atoms with Crippen molar-refractivity contribution in [2.45, 2.75) is 32.3 Å². The molecule has 1 N–H and O–H groups in total. The summed E-state index contributed by atoms with van der Waals surface area (Å²) >= 11 is 5.77. The molecule has 0 unspecified atom stereocenters. The Kier molecular flexibility index (Phi) is 4.84. The zero-order valence-corrected chi connectivity index (χ0v) is 11.3. The van der Waals surface area contributed by atoms with Crippen LogP contribution >= 0.6 is 11.6 Å². The van der Waals surface area contributed by atoms with Crippen LogP contribution in [0.2, 0.25) is 5.02 Å². The Morgan fingerprint density at radius 2 is 2.39 bits per heavy atom. The summed E-state index contributed by atoms with van der Waals surface area (Å²) < 4.78 is 19.7. The number of hydrogen-bond acceptors (Lipinski definition) is 2. The van der Waals surface area contributed by atoms with Crippen LogP contribution in [0.3, 0.4) is 0 Å². The summed E-state index contributed by atoms with van der Waals surface area (Å²) in [5.74, 6) is 0.280. The maximum Gasteiger partial charge on any atom is 0.183 e. The highest BCUT2D eigenvalue weighted by Crippen LogP contribution is 2.28. The van der Waals surface area contributed by atoms with Crippen molar-refractivity contribution in [3.63, 3.8) is 0 Å². The van der Waals surface area contributed by atoms with Crippen LogP contribution < -0.4 is 10.1 Å². The van der Waals surface area contributed by atoms with Gasteiger partial charge in [-0.3, -0.25) is 0 Å². The molecule has 0 bridgehead atoms. The van der Waals surface area contributed by atoms with Gasteiger partial charge in [-0.05, 0) is 31.5 Å². The second-order valence-electron chi connectivity index (χ2n) is 4.75. The van der Waals surface area contributed by atoms with Crippen LogP contribution in [0.25, 0.3) is 0 Å². The van der Waals surface area contributed by atoms with E-state index in [0.29, 0.717) is 5.92 Å². The topological polar surface area (TPSA) is 21.3 Å². The van der Waals surface area contributed by atoms with Crippen molar-refractivity contribution in [1.29, 1.82) is 0 Å². The van der Waals surface area contributed by atoms with E-state index < -0.39 is 5.82 Å². The molecule has 1 aliphatic rings. The lowest BCUT2D eigenvalue weighted by molar-refractivity contribution is 0.127. The van der Waals surface area contributed by atoms with Gasteiger partial charge in [0.15, 0.2) is 11.6 Å². The highest BCUT2D eigenvalue weighted by molar-refractivity contribution is 6.30. The van der Waals surface area contributed by atoms with E-state index in [9.17, 15) is 4.39 Å². The van der Waals surface area contributed by atoms with Crippen molar-refractivity contribution < 1.29 is 9.13 Å². The molecule has 0 amide bonds. The zero-order chi connectivity index (χ0) is 13.0. The van der Waals surface area contributed by atoms with Crippen LogP contribution in [-0.2, 0) is 0 Å². The molecule has 4 heteroatoms. The predicted octanol–water partition coefficient (Wildman–Crippen LogP) is 3.64. The molecule has 1 saturated heterocycles. The molecule has 0 saturated carbocycles. The van der Waals surface area contributed by atoms with Gasteiger partial charge in [0, 0.05) is 12.5 Å². The van der Waals surface area contributed by atoms with Crippen molar-refractivity contribution in [1.82, 2.24) is 5.32 Å². The van der Waals surface area contributed by atoms with Gasteiger partial charge in [-0.2, -0.15) is 0 Å². The third kappa shape index (κ3) is 3.15. The number of benzene rings is 1. The Labute approximate surface area is 112 Å². The van der Waals surface area contributed by atoms with Gasteiger partial charge in [-0.25, -0.2) is 4.39 Å². The van der Waals surface area contributed by atoms with Gasteiger partial charge >= 0.3 is 0 Å². The van der Waals surface area contributed by atoms with E-state index in [1.807, 2.05) is 0 Å². The average Bonchev–Trinajstić information content (AvgIpc) is 2.88. The Hall–Kier alpha value is -0.800. The molecule has 0 spiro atoms. The van der Waals surface area contributed by atoms with Gasteiger partial charge in [0.2, 0.25) is 0 Å². The molecule has 1 aliphatic heterocycles. The fourth-order valence-electron chi connectivity index (χ4n) is 2.41. The summed E-state index contributed by atoms with van der Waals surface area (Å²) in [5, 5.41) is 3.44. The maximum absolute atomic E-state index is 13.8. The Bertz CT molecular complexity index is 393. The molecule has 2 atom stereocenters. The molecule has 1 aromatic carbocycles. The van der Waals surface area contributed by atoms with Crippen LogP contribution in [0, 0.1) is 11.7 Å². The summed E-state index contributed by atoms with van der Waals surface area (Å²) in [6.07, 6.45) is 3.13. The molecule has 100 valence electrons. The SMILES string of the molecule is CCC[C@H](Oc1cccc(Cl)c1F)[C@H]1CCNC1. The average molecular weight is 272 g/mol. The predicted molar refractivity (Wildman–Crippen MR) is 71.7 cm³/mol. The molecule has 1 heterocycles. The van der Waals surface area contributed by atoms with E-state index in [1.54, 1.807) is 12.1 Å². The lowest BCUT2D eigenvalue weighted by Crippen LogP contribution is -2.29. The molecule has 2 nitrogen and oxygen atoms in total. The second-order valence-corrected chi connectivity index (χ2v) is 5.16. The summed E-state index contributed by atoms with van der Waals surface area (Å²) in [6.45, 7) is 4.09. The van der Waals surface area contributed by atoms with Crippen molar-refractivity contribution in [2.24, 2.45) is 5.92 Å². The first-order valence-corrected chi connectivity index (χ1v) is 6.91. The largest absolute Gasteiger partial charge is 0.487 e. The highest BCUT2D eigenvalue weighted by Gasteiger charge is 2.26. The van der Waals surface area contributed by atoms with Crippen LogP contribution in [0.4, 0.5) is 4.39 Å². The monoisotopic (exact) mass is 271 g/mol. The number of halogens is 2. The van der Waals surface area contributed by atoms with Gasteiger partial charge < -0.3 is 10.1 Å². The summed E-state index contributed by atoms with van der Waals surface area (Å²) in [6, 6.07) is 4.90.